The summed E-state index contributed by atoms with van der Waals surface area (Å²) in [7, 11) is 1.61. The average molecular weight is 295 g/mol. The summed E-state index contributed by atoms with van der Waals surface area (Å²) in [6.45, 7) is 4.98. The van der Waals surface area contributed by atoms with Crippen LogP contribution in [0.1, 0.15) is 30.6 Å². The summed E-state index contributed by atoms with van der Waals surface area (Å²) < 4.78 is 10.4. The van der Waals surface area contributed by atoms with Gasteiger partial charge in [0.2, 0.25) is 0 Å². The number of amides is 1. The van der Waals surface area contributed by atoms with Gasteiger partial charge < -0.3 is 19.9 Å². The topological polar surface area (TPSA) is 67.8 Å². The smallest absolute Gasteiger partial charge is 0.251 e. The number of hydrogen-bond donors (Lipinski definition) is 2. The minimum Gasteiger partial charge on any atom is -0.491 e. The maximum Gasteiger partial charge on any atom is 0.251 e. The van der Waals surface area contributed by atoms with Crippen molar-refractivity contribution in [3.05, 3.63) is 29.8 Å². The van der Waals surface area contributed by atoms with Crippen LogP contribution in [0.25, 0.3) is 0 Å². The van der Waals surface area contributed by atoms with Crippen LogP contribution in [0.2, 0.25) is 0 Å². The molecule has 5 heteroatoms. The summed E-state index contributed by atoms with van der Waals surface area (Å²) in [6, 6.07) is 6.75. The Morgan fingerprint density at radius 3 is 2.71 bits per heavy atom. The van der Waals surface area contributed by atoms with Crippen molar-refractivity contribution < 1.29 is 19.4 Å². The fourth-order valence-corrected chi connectivity index (χ4v) is 1.99. The fourth-order valence-electron chi connectivity index (χ4n) is 1.99. The molecule has 0 aliphatic carbocycles. The first kappa shape index (κ1) is 17.5. The molecule has 0 radical (unpaired) electrons. The summed E-state index contributed by atoms with van der Waals surface area (Å²) in [5, 5.41) is 12.2. The predicted molar refractivity (Wildman–Crippen MR) is 81.6 cm³/mol. The lowest BCUT2D eigenvalue weighted by atomic mass is 10.0. The maximum atomic E-state index is 12.2. The highest BCUT2D eigenvalue weighted by atomic mass is 16.5. The number of ether oxygens (including phenoxy) is 2. The molecule has 0 aromatic heterocycles. The van der Waals surface area contributed by atoms with E-state index < -0.39 is 0 Å². The van der Waals surface area contributed by atoms with E-state index in [1.165, 1.54) is 0 Å². The second kappa shape index (κ2) is 9.37. The molecule has 0 fully saturated rings. The molecular formula is C16H25NO4. The summed E-state index contributed by atoms with van der Waals surface area (Å²) >= 11 is 0. The molecule has 0 bridgehead atoms. The van der Waals surface area contributed by atoms with Gasteiger partial charge >= 0.3 is 0 Å². The Morgan fingerprint density at radius 1 is 1.33 bits per heavy atom. The zero-order valence-electron chi connectivity index (χ0n) is 13.0. The lowest BCUT2D eigenvalue weighted by Crippen LogP contribution is -2.38. The molecule has 0 saturated carbocycles. The molecule has 21 heavy (non-hydrogen) atoms. The van der Waals surface area contributed by atoms with E-state index in [1.54, 1.807) is 31.4 Å². The van der Waals surface area contributed by atoms with Gasteiger partial charge in [-0.05, 0) is 30.5 Å². The van der Waals surface area contributed by atoms with Gasteiger partial charge in [0.05, 0.1) is 19.3 Å². The molecule has 1 amide bonds. The third kappa shape index (κ3) is 6.60. The lowest BCUT2D eigenvalue weighted by Gasteiger charge is -2.18. The van der Waals surface area contributed by atoms with Gasteiger partial charge in [0.25, 0.3) is 5.91 Å². The molecule has 1 rings (SSSR count). The highest BCUT2D eigenvalue weighted by molar-refractivity contribution is 5.94. The SMILES string of the molecule is COCCOc1cccc(C(=O)N[C@@H](CO)CC(C)C)c1. The number of aliphatic hydroxyl groups excluding tert-OH is 1. The number of nitrogens with one attached hydrogen (secondary N) is 1. The first-order valence-corrected chi connectivity index (χ1v) is 7.20. The number of carbonyl (C=O) groups excluding carboxylic acids is 1. The number of hydrogen-bond acceptors (Lipinski definition) is 4. The van der Waals surface area contributed by atoms with Crippen molar-refractivity contribution in [1.29, 1.82) is 0 Å². The standard InChI is InChI=1S/C16H25NO4/c1-12(2)9-14(11-18)17-16(19)13-5-4-6-15(10-13)21-8-7-20-3/h4-6,10,12,14,18H,7-9,11H2,1-3H3,(H,17,19)/t14-/m1/s1. The molecule has 0 spiro atoms. The molecule has 1 aromatic carbocycles. The van der Waals surface area contributed by atoms with Crippen molar-refractivity contribution in [2.45, 2.75) is 26.3 Å². The Hall–Kier alpha value is -1.59. The molecule has 2 N–H and O–H groups in total. The quantitative estimate of drug-likeness (QED) is 0.682. The van der Waals surface area contributed by atoms with Gasteiger partial charge in [-0.2, -0.15) is 0 Å². The molecule has 0 aliphatic rings. The summed E-state index contributed by atoms with van der Waals surface area (Å²) in [4.78, 5) is 12.2. The molecule has 0 unspecified atom stereocenters. The fraction of sp³-hybridized carbons (Fsp3) is 0.562. The highest BCUT2D eigenvalue weighted by Gasteiger charge is 2.14. The van der Waals surface area contributed by atoms with Crippen molar-refractivity contribution in [3.63, 3.8) is 0 Å². The second-order valence-electron chi connectivity index (χ2n) is 5.35. The number of methoxy groups -OCH3 is 1. The van der Waals surface area contributed by atoms with Gasteiger partial charge in [0.1, 0.15) is 12.4 Å². The Labute approximate surface area is 126 Å². The largest absolute Gasteiger partial charge is 0.491 e. The number of carbonyl (C=O) groups is 1. The van der Waals surface area contributed by atoms with Gasteiger partial charge in [-0.3, -0.25) is 4.79 Å². The van der Waals surface area contributed by atoms with E-state index in [2.05, 4.69) is 19.2 Å². The van der Waals surface area contributed by atoms with Gasteiger partial charge in [0.15, 0.2) is 0 Å². The molecule has 118 valence electrons. The predicted octanol–water partition coefficient (Wildman–Crippen LogP) is 1.85. The van der Waals surface area contributed by atoms with Crippen LogP contribution < -0.4 is 10.1 Å². The van der Waals surface area contributed by atoms with Gasteiger partial charge in [-0.15, -0.1) is 0 Å². The van der Waals surface area contributed by atoms with Crippen LogP contribution in [-0.2, 0) is 4.74 Å². The van der Waals surface area contributed by atoms with Gasteiger partial charge in [0, 0.05) is 12.7 Å². The van der Waals surface area contributed by atoms with Crippen LogP contribution in [0, 0.1) is 5.92 Å². The zero-order valence-corrected chi connectivity index (χ0v) is 13.0. The third-order valence-electron chi connectivity index (χ3n) is 2.96. The first-order chi connectivity index (χ1) is 10.1. The van der Waals surface area contributed by atoms with E-state index in [0.29, 0.717) is 30.4 Å². The summed E-state index contributed by atoms with van der Waals surface area (Å²) in [5.74, 6) is 0.835. The Kier molecular flexibility index (Phi) is 7.79. The maximum absolute atomic E-state index is 12.2. The van der Waals surface area contributed by atoms with Crippen molar-refractivity contribution in [3.8, 4) is 5.75 Å². The molecule has 0 heterocycles. The molecular weight excluding hydrogens is 270 g/mol. The van der Waals surface area contributed by atoms with Crippen LogP contribution in [0.3, 0.4) is 0 Å². The number of aliphatic hydroxyl groups is 1. The zero-order chi connectivity index (χ0) is 15.7. The highest BCUT2D eigenvalue weighted by Crippen LogP contribution is 2.14. The van der Waals surface area contributed by atoms with Crippen LogP contribution in [-0.4, -0.2) is 44.0 Å². The molecule has 1 atom stereocenters. The second-order valence-corrected chi connectivity index (χ2v) is 5.35. The van der Waals surface area contributed by atoms with Gasteiger partial charge in [-0.25, -0.2) is 0 Å². The lowest BCUT2D eigenvalue weighted by molar-refractivity contribution is 0.0907. The molecule has 1 aromatic rings. The average Bonchev–Trinajstić information content (AvgIpc) is 2.46. The van der Waals surface area contributed by atoms with Crippen molar-refractivity contribution >= 4 is 5.91 Å². The Bertz CT molecular complexity index is 434. The third-order valence-corrected chi connectivity index (χ3v) is 2.96. The van der Waals surface area contributed by atoms with E-state index in [9.17, 15) is 9.90 Å². The van der Waals surface area contributed by atoms with Crippen molar-refractivity contribution in [2.75, 3.05) is 26.9 Å². The summed E-state index contributed by atoms with van der Waals surface area (Å²) in [6.07, 6.45) is 0.742. The normalized spacial score (nSPS) is 12.2. The van der Waals surface area contributed by atoms with Crippen LogP contribution in [0.15, 0.2) is 24.3 Å². The van der Waals surface area contributed by atoms with Gasteiger partial charge in [-0.1, -0.05) is 19.9 Å². The van der Waals surface area contributed by atoms with Crippen molar-refractivity contribution in [1.82, 2.24) is 5.32 Å². The van der Waals surface area contributed by atoms with E-state index in [-0.39, 0.29) is 18.6 Å². The van der Waals surface area contributed by atoms with Crippen molar-refractivity contribution in [2.24, 2.45) is 5.92 Å². The Morgan fingerprint density at radius 2 is 2.10 bits per heavy atom. The molecule has 5 nitrogen and oxygen atoms in total. The number of rotatable bonds is 9. The van der Waals surface area contributed by atoms with E-state index in [4.69, 9.17) is 9.47 Å². The minimum atomic E-state index is -0.226. The number of benzene rings is 1. The van der Waals surface area contributed by atoms with E-state index in [1.807, 2.05) is 0 Å². The van der Waals surface area contributed by atoms with Crippen LogP contribution >= 0.6 is 0 Å². The Balaban J connectivity index is 2.62. The van der Waals surface area contributed by atoms with E-state index in [0.717, 1.165) is 6.42 Å². The summed E-state index contributed by atoms with van der Waals surface area (Å²) in [5.41, 5.74) is 0.520. The van der Waals surface area contributed by atoms with Crippen LogP contribution in [0.4, 0.5) is 0 Å². The van der Waals surface area contributed by atoms with E-state index >= 15 is 0 Å². The molecule has 0 aliphatic heterocycles. The minimum absolute atomic E-state index is 0.0616. The molecule has 0 saturated heterocycles. The first-order valence-electron chi connectivity index (χ1n) is 7.20. The monoisotopic (exact) mass is 295 g/mol. The van der Waals surface area contributed by atoms with Crippen LogP contribution in [0.5, 0.6) is 5.75 Å².